The Balaban J connectivity index is 2.02. The van der Waals surface area contributed by atoms with Crippen LogP contribution < -0.4 is 15.4 Å². The maximum absolute atomic E-state index is 12.0. The zero-order chi connectivity index (χ0) is 15.1. The van der Waals surface area contributed by atoms with Crippen molar-refractivity contribution in [2.45, 2.75) is 6.92 Å². The molecule has 0 saturated heterocycles. The van der Waals surface area contributed by atoms with E-state index in [1.165, 1.54) is 6.20 Å². The molecule has 2 N–H and O–H groups in total. The third-order valence-electron chi connectivity index (χ3n) is 2.82. The van der Waals surface area contributed by atoms with Crippen molar-refractivity contribution in [3.63, 3.8) is 0 Å². The lowest BCUT2D eigenvalue weighted by atomic mass is 10.1. The second kappa shape index (κ2) is 7.35. The number of nitrogens with zero attached hydrogens (tertiary/aromatic N) is 2. The summed E-state index contributed by atoms with van der Waals surface area (Å²) in [5.41, 5.74) is 0.685. The van der Waals surface area contributed by atoms with Crippen LogP contribution >= 0.6 is 0 Å². The Morgan fingerprint density at radius 3 is 2.95 bits per heavy atom. The summed E-state index contributed by atoms with van der Waals surface area (Å²) in [6.07, 6.45) is 4.66. The van der Waals surface area contributed by atoms with Crippen LogP contribution in [0.3, 0.4) is 0 Å². The third kappa shape index (κ3) is 4.54. The van der Waals surface area contributed by atoms with Crippen LogP contribution in [0.1, 0.15) is 6.92 Å². The average molecular weight is 286 g/mol. The minimum atomic E-state index is -0.112. The number of rotatable bonds is 6. The molecule has 1 aromatic heterocycles. The monoisotopic (exact) mass is 286 g/mol. The zero-order valence-corrected chi connectivity index (χ0v) is 12.0. The Labute approximate surface area is 123 Å². The number of hydrogen-bond donors (Lipinski definition) is 2. The van der Waals surface area contributed by atoms with Gasteiger partial charge in [0.15, 0.2) is 0 Å². The van der Waals surface area contributed by atoms with Gasteiger partial charge >= 0.3 is 0 Å². The number of nitrogens with one attached hydrogen (secondary N) is 2. The van der Waals surface area contributed by atoms with E-state index in [0.29, 0.717) is 23.9 Å². The largest absolute Gasteiger partial charge is 0.437 e. The maximum Gasteiger partial charge on any atom is 0.237 e. The van der Waals surface area contributed by atoms with E-state index >= 15 is 0 Å². The second-order valence-electron chi connectivity index (χ2n) is 4.62. The molecule has 1 aromatic carbocycles. The molecule has 0 aliphatic carbocycles. The van der Waals surface area contributed by atoms with Crippen molar-refractivity contribution >= 4 is 11.6 Å². The Kier molecular flexibility index (Phi) is 5.22. The average Bonchev–Trinajstić information content (AvgIpc) is 2.49. The van der Waals surface area contributed by atoms with Gasteiger partial charge in [-0.15, -0.1) is 0 Å². The molecule has 0 bridgehead atoms. The molecule has 1 unspecified atom stereocenters. The number of carbonyl (C=O) groups excluding carboxylic acids is 1. The van der Waals surface area contributed by atoms with Crippen LogP contribution in [0, 0.1) is 5.92 Å². The smallest absolute Gasteiger partial charge is 0.237 e. The minimum Gasteiger partial charge on any atom is -0.437 e. The van der Waals surface area contributed by atoms with Crippen LogP contribution in [0.25, 0.3) is 0 Å². The van der Waals surface area contributed by atoms with Crippen molar-refractivity contribution in [1.29, 1.82) is 0 Å². The van der Waals surface area contributed by atoms with Gasteiger partial charge in [0.2, 0.25) is 11.8 Å². The van der Waals surface area contributed by atoms with Gasteiger partial charge in [0.25, 0.3) is 0 Å². The van der Waals surface area contributed by atoms with Gasteiger partial charge in [-0.3, -0.25) is 9.78 Å². The van der Waals surface area contributed by atoms with Crippen molar-refractivity contribution in [3.05, 3.63) is 42.9 Å². The van der Waals surface area contributed by atoms with Gasteiger partial charge in [-0.25, -0.2) is 4.98 Å². The Bertz CT molecular complexity index is 589. The van der Waals surface area contributed by atoms with Crippen LogP contribution in [-0.4, -0.2) is 29.5 Å². The number of amides is 1. The summed E-state index contributed by atoms with van der Waals surface area (Å²) in [4.78, 5) is 19.9. The van der Waals surface area contributed by atoms with Crippen molar-refractivity contribution < 1.29 is 9.53 Å². The number of aromatic nitrogens is 2. The Morgan fingerprint density at radius 2 is 2.24 bits per heavy atom. The molecular weight excluding hydrogens is 268 g/mol. The molecule has 1 heterocycles. The van der Waals surface area contributed by atoms with Crippen molar-refractivity contribution in [1.82, 2.24) is 15.3 Å². The summed E-state index contributed by atoms with van der Waals surface area (Å²) >= 11 is 0. The van der Waals surface area contributed by atoms with E-state index in [9.17, 15) is 4.79 Å². The molecule has 2 aromatic rings. The van der Waals surface area contributed by atoms with Gasteiger partial charge in [0, 0.05) is 36.6 Å². The molecule has 6 heteroatoms. The van der Waals surface area contributed by atoms with Crippen LogP contribution in [0.4, 0.5) is 5.69 Å². The third-order valence-corrected chi connectivity index (χ3v) is 2.82. The normalized spacial score (nSPS) is 11.7. The summed E-state index contributed by atoms with van der Waals surface area (Å²) < 4.78 is 5.57. The fraction of sp³-hybridized carbons (Fsp3) is 0.267. The molecule has 21 heavy (non-hydrogen) atoms. The van der Waals surface area contributed by atoms with Crippen LogP contribution in [0.2, 0.25) is 0 Å². The number of ether oxygens (including phenoxy) is 1. The molecule has 0 saturated carbocycles. The summed E-state index contributed by atoms with van der Waals surface area (Å²) in [6.45, 7) is 2.49. The first kappa shape index (κ1) is 14.9. The van der Waals surface area contributed by atoms with E-state index in [0.717, 1.165) is 0 Å². The highest BCUT2D eigenvalue weighted by Crippen LogP contribution is 2.22. The topological polar surface area (TPSA) is 76.1 Å². The lowest BCUT2D eigenvalue weighted by molar-refractivity contribution is -0.119. The Hall–Kier alpha value is -2.47. The molecule has 0 radical (unpaired) electrons. The fourth-order valence-corrected chi connectivity index (χ4v) is 1.76. The van der Waals surface area contributed by atoms with E-state index < -0.39 is 0 Å². The van der Waals surface area contributed by atoms with Crippen molar-refractivity contribution in [3.8, 4) is 11.6 Å². The van der Waals surface area contributed by atoms with Gasteiger partial charge in [-0.1, -0.05) is 13.0 Å². The minimum absolute atomic E-state index is 0.0407. The highest BCUT2D eigenvalue weighted by Gasteiger charge is 2.12. The first-order valence-corrected chi connectivity index (χ1v) is 6.68. The molecule has 0 fully saturated rings. The standard InChI is InChI=1S/C15H18N4O2/c1-11(9-16-2)15(20)19-12-4-3-5-13(8-12)21-14-10-17-6-7-18-14/h3-8,10-11,16H,9H2,1-2H3,(H,19,20). The van der Waals surface area contributed by atoms with E-state index in [2.05, 4.69) is 20.6 Å². The molecule has 0 aliphatic heterocycles. The number of hydrogen-bond acceptors (Lipinski definition) is 5. The number of carbonyl (C=O) groups is 1. The summed E-state index contributed by atoms with van der Waals surface area (Å²) in [6, 6.07) is 7.16. The molecule has 6 nitrogen and oxygen atoms in total. The molecular formula is C15H18N4O2. The van der Waals surface area contributed by atoms with Gasteiger partial charge in [-0.05, 0) is 19.2 Å². The van der Waals surface area contributed by atoms with Crippen molar-refractivity contribution in [2.75, 3.05) is 18.9 Å². The van der Waals surface area contributed by atoms with E-state index in [1.807, 2.05) is 26.1 Å². The SMILES string of the molecule is CNCC(C)C(=O)Nc1cccc(Oc2cnccn2)c1. The van der Waals surface area contributed by atoms with E-state index in [-0.39, 0.29) is 11.8 Å². The predicted octanol–water partition coefficient (Wildman–Crippen LogP) is 2.06. The van der Waals surface area contributed by atoms with Crippen LogP contribution in [0.5, 0.6) is 11.6 Å². The Morgan fingerprint density at radius 1 is 1.38 bits per heavy atom. The van der Waals surface area contributed by atoms with Gasteiger partial charge in [0.1, 0.15) is 5.75 Å². The van der Waals surface area contributed by atoms with E-state index in [1.54, 1.807) is 24.5 Å². The highest BCUT2D eigenvalue weighted by molar-refractivity contribution is 5.92. The fourth-order valence-electron chi connectivity index (χ4n) is 1.76. The molecule has 110 valence electrons. The van der Waals surface area contributed by atoms with Crippen molar-refractivity contribution in [2.24, 2.45) is 5.92 Å². The van der Waals surface area contributed by atoms with Gasteiger partial charge < -0.3 is 15.4 Å². The second-order valence-corrected chi connectivity index (χ2v) is 4.62. The first-order chi connectivity index (χ1) is 10.2. The van der Waals surface area contributed by atoms with Crippen LogP contribution in [0.15, 0.2) is 42.9 Å². The molecule has 1 atom stereocenters. The van der Waals surface area contributed by atoms with E-state index in [4.69, 9.17) is 4.74 Å². The molecule has 1 amide bonds. The van der Waals surface area contributed by atoms with Gasteiger partial charge in [0.05, 0.1) is 6.20 Å². The first-order valence-electron chi connectivity index (χ1n) is 6.68. The summed E-state index contributed by atoms with van der Waals surface area (Å²) in [5.74, 6) is 0.847. The predicted molar refractivity (Wildman–Crippen MR) is 80.3 cm³/mol. The van der Waals surface area contributed by atoms with Gasteiger partial charge in [-0.2, -0.15) is 0 Å². The number of benzene rings is 1. The summed E-state index contributed by atoms with van der Waals surface area (Å²) in [7, 11) is 1.82. The lowest BCUT2D eigenvalue weighted by Crippen LogP contribution is -2.28. The maximum atomic E-state index is 12.0. The molecule has 2 rings (SSSR count). The highest BCUT2D eigenvalue weighted by atomic mass is 16.5. The lowest BCUT2D eigenvalue weighted by Gasteiger charge is -2.12. The quantitative estimate of drug-likeness (QED) is 0.850. The molecule has 0 aliphatic rings. The zero-order valence-electron chi connectivity index (χ0n) is 12.0. The summed E-state index contributed by atoms with van der Waals surface area (Å²) in [5, 5.41) is 5.84. The van der Waals surface area contributed by atoms with Crippen LogP contribution in [-0.2, 0) is 4.79 Å². The molecule has 0 spiro atoms. The number of anilines is 1.